The standard InChI is InChI=1S/C16H28N2O/c1-6-18-16(8-7-12(2)3)14-9-15(11-17-10-14)19-13(4)5/h9-13,16,18H,6-8H2,1-5H3. The number of nitrogens with one attached hydrogen (secondary N) is 1. The molecule has 0 bridgehead atoms. The molecule has 0 aliphatic rings. The van der Waals surface area contributed by atoms with E-state index in [1.165, 1.54) is 12.0 Å². The summed E-state index contributed by atoms with van der Waals surface area (Å²) in [6, 6.07) is 2.48. The summed E-state index contributed by atoms with van der Waals surface area (Å²) in [6.45, 7) is 11.7. The molecule has 0 aliphatic carbocycles. The summed E-state index contributed by atoms with van der Waals surface area (Å²) >= 11 is 0. The predicted molar refractivity (Wildman–Crippen MR) is 80.5 cm³/mol. The summed E-state index contributed by atoms with van der Waals surface area (Å²) in [6.07, 6.45) is 6.27. The zero-order valence-electron chi connectivity index (χ0n) is 12.9. The number of nitrogens with zero attached hydrogens (tertiary/aromatic N) is 1. The van der Waals surface area contributed by atoms with Gasteiger partial charge in [-0.05, 0) is 50.8 Å². The Bertz CT molecular complexity index is 364. The van der Waals surface area contributed by atoms with Gasteiger partial charge in [-0.3, -0.25) is 4.98 Å². The van der Waals surface area contributed by atoms with Gasteiger partial charge in [0, 0.05) is 12.2 Å². The summed E-state index contributed by atoms with van der Waals surface area (Å²) in [4.78, 5) is 4.30. The number of pyridine rings is 1. The van der Waals surface area contributed by atoms with Crippen LogP contribution in [0.3, 0.4) is 0 Å². The molecule has 19 heavy (non-hydrogen) atoms. The molecule has 0 amide bonds. The molecule has 1 aromatic rings. The van der Waals surface area contributed by atoms with Gasteiger partial charge in [-0.1, -0.05) is 20.8 Å². The maximum absolute atomic E-state index is 5.72. The molecule has 108 valence electrons. The zero-order chi connectivity index (χ0) is 14.3. The first-order valence-electron chi connectivity index (χ1n) is 7.37. The van der Waals surface area contributed by atoms with Crippen molar-refractivity contribution in [1.82, 2.24) is 10.3 Å². The normalized spacial score (nSPS) is 13.0. The molecular weight excluding hydrogens is 236 g/mol. The molecule has 1 N–H and O–H groups in total. The second kappa shape index (κ2) is 8.16. The maximum atomic E-state index is 5.72. The Labute approximate surface area is 117 Å². The zero-order valence-corrected chi connectivity index (χ0v) is 12.9. The van der Waals surface area contributed by atoms with E-state index in [9.17, 15) is 0 Å². The highest BCUT2D eigenvalue weighted by atomic mass is 16.5. The third-order valence-electron chi connectivity index (χ3n) is 2.99. The molecule has 1 unspecified atom stereocenters. The molecule has 0 spiro atoms. The average Bonchev–Trinajstić information content (AvgIpc) is 2.33. The first-order chi connectivity index (χ1) is 9.02. The van der Waals surface area contributed by atoms with Crippen LogP contribution in [0.15, 0.2) is 18.5 Å². The Morgan fingerprint density at radius 3 is 2.47 bits per heavy atom. The Morgan fingerprint density at radius 2 is 1.89 bits per heavy atom. The second-order valence-electron chi connectivity index (χ2n) is 5.70. The van der Waals surface area contributed by atoms with Gasteiger partial charge in [-0.15, -0.1) is 0 Å². The number of rotatable bonds is 8. The van der Waals surface area contributed by atoms with Crippen LogP contribution in [0.1, 0.15) is 59.1 Å². The van der Waals surface area contributed by atoms with Gasteiger partial charge in [0.25, 0.3) is 0 Å². The van der Waals surface area contributed by atoms with E-state index in [2.05, 4.69) is 37.1 Å². The van der Waals surface area contributed by atoms with Gasteiger partial charge in [-0.2, -0.15) is 0 Å². The van der Waals surface area contributed by atoms with Gasteiger partial charge in [0.15, 0.2) is 0 Å². The van der Waals surface area contributed by atoms with Crippen molar-refractivity contribution >= 4 is 0 Å². The summed E-state index contributed by atoms with van der Waals surface area (Å²) in [5.74, 6) is 1.59. The molecule has 0 aromatic carbocycles. The molecule has 1 aromatic heterocycles. The molecule has 3 nitrogen and oxygen atoms in total. The lowest BCUT2D eigenvalue weighted by Crippen LogP contribution is -2.21. The van der Waals surface area contributed by atoms with Gasteiger partial charge < -0.3 is 10.1 Å². The topological polar surface area (TPSA) is 34.2 Å². The molecule has 1 atom stereocenters. The quantitative estimate of drug-likeness (QED) is 0.772. The summed E-state index contributed by atoms with van der Waals surface area (Å²) in [5, 5.41) is 3.54. The smallest absolute Gasteiger partial charge is 0.138 e. The first kappa shape index (κ1) is 16.0. The fourth-order valence-corrected chi connectivity index (χ4v) is 2.10. The monoisotopic (exact) mass is 264 g/mol. The van der Waals surface area contributed by atoms with Gasteiger partial charge in [0.05, 0.1) is 12.3 Å². The van der Waals surface area contributed by atoms with Crippen LogP contribution in [0.5, 0.6) is 5.75 Å². The van der Waals surface area contributed by atoms with Crippen molar-refractivity contribution in [3.8, 4) is 5.75 Å². The van der Waals surface area contributed by atoms with Crippen LogP contribution in [-0.2, 0) is 0 Å². The minimum absolute atomic E-state index is 0.185. The van der Waals surface area contributed by atoms with Gasteiger partial charge in [-0.25, -0.2) is 0 Å². The molecule has 1 rings (SSSR count). The van der Waals surface area contributed by atoms with Crippen LogP contribution in [-0.4, -0.2) is 17.6 Å². The highest BCUT2D eigenvalue weighted by Crippen LogP contribution is 2.23. The van der Waals surface area contributed by atoms with Crippen LogP contribution in [0.2, 0.25) is 0 Å². The lowest BCUT2D eigenvalue weighted by Gasteiger charge is -2.20. The minimum Gasteiger partial charge on any atom is -0.489 e. The fourth-order valence-electron chi connectivity index (χ4n) is 2.10. The lowest BCUT2D eigenvalue weighted by atomic mass is 9.98. The van der Waals surface area contributed by atoms with E-state index in [1.54, 1.807) is 6.20 Å². The number of hydrogen-bond donors (Lipinski definition) is 1. The summed E-state index contributed by atoms with van der Waals surface area (Å²) in [7, 11) is 0. The highest BCUT2D eigenvalue weighted by Gasteiger charge is 2.12. The average molecular weight is 264 g/mol. The molecule has 0 aliphatic heterocycles. The van der Waals surface area contributed by atoms with Crippen molar-refractivity contribution in [2.75, 3.05) is 6.54 Å². The van der Waals surface area contributed by atoms with E-state index in [0.29, 0.717) is 6.04 Å². The Kier molecular flexibility index (Phi) is 6.85. The van der Waals surface area contributed by atoms with Gasteiger partial charge in [0.1, 0.15) is 5.75 Å². The lowest BCUT2D eigenvalue weighted by molar-refractivity contribution is 0.241. The van der Waals surface area contributed by atoms with Crippen molar-refractivity contribution < 1.29 is 4.74 Å². The number of ether oxygens (including phenoxy) is 1. The molecule has 0 saturated carbocycles. The van der Waals surface area contributed by atoms with Crippen LogP contribution in [0.4, 0.5) is 0 Å². The van der Waals surface area contributed by atoms with Gasteiger partial charge >= 0.3 is 0 Å². The molecule has 0 radical (unpaired) electrons. The fraction of sp³-hybridized carbons (Fsp3) is 0.688. The Morgan fingerprint density at radius 1 is 1.16 bits per heavy atom. The van der Waals surface area contributed by atoms with Crippen molar-refractivity contribution in [2.45, 2.75) is 59.6 Å². The maximum Gasteiger partial charge on any atom is 0.138 e. The van der Waals surface area contributed by atoms with E-state index in [0.717, 1.165) is 24.6 Å². The molecule has 0 saturated heterocycles. The van der Waals surface area contributed by atoms with E-state index < -0.39 is 0 Å². The van der Waals surface area contributed by atoms with Crippen LogP contribution >= 0.6 is 0 Å². The molecule has 1 heterocycles. The molecule has 3 heteroatoms. The molecule has 0 fully saturated rings. The largest absolute Gasteiger partial charge is 0.489 e. The predicted octanol–water partition coefficient (Wildman–Crippen LogP) is 3.96. The summed E-state index contributed by atoms with van der Waals surface area (Å²) < 4.78 is 5.72. The van der Waals surface area contributed by atoms with E-state index >= 15 is 0 Å². The van der Waals surface area contributed by atoms with Crippen LogP contribution in [0.25, 0.3) is 0 Å². The van der Waals surface area contributed by atoms with Gasteiger partial charge in [0.2, 0.25) is 0 Å². The van der Waals surface area contributed by atoms with Crippen molar-refractivity contribution in [2.24, 2.45) is 5.92 Å². The number of aromatic nitrogens is 1. The van der Waals surface area contributed by atoms with Crippen molar-refractivity contribution in [3.63, 3.8) is 0 Å². The Balaban J connectivity index is 2.76. The van der Waals surface area contributed by atoms with Crippen molar-refractivity contribution in [3.05, 3.63) is 24.0 Å². The summed E-state index contributed by atoms with van der Waals surface area (Å²) in [5.41, 5.74) is 1.22. The van der Waals surface area contributed by atoms with Crippen LogP contribution in [0, 0.1) is 5.92 Å². The van der Waals surface area contributed by atoms with Crippen molar-refractivity contribution in [1.29, 1.82) is 0 Å². The highest BCUT2D eigenvalue weighted by molar-refractivity contribution is 5.26. The third-order valence-corrected chi connectivity index (χ3v) is 2.99. The third kappa shape index (κ3) is 6.06. The number of hydrogen-bond acceptors (Lipinski definition) is 3. The minimum atomic E-state index is 0.185. The molecular formula is C16H28N2O. The van der Waals surface area contributed by atoms with E-state index in [-0.39, 0.29) is 6.10 Å². The second-order valence-corrected chi connectivity index (χ2v) is 5.70. The Hall–Kier alpha value is -1.09. The van der Waals surface area contributed by atoms with Crippen LogP contribution < -0.4 is 10.1 Å². The van der Waals surface area contributed by atoms with E-state index in [1.807, 2.05) is 20.0 Å². The first-order valence-corrected chi connectivity index (χ1v) is 7.37. The SMILES string of the molecule is CCNC(CCC(C)C)c1cncc(OC(C)C)c1. The van der Waals surface area contributed by atoms with E-state index in [4.69, 9.17) is 4.74 Å².